The van der Waals surface area contributed by atoms with Crippen LogP contribution in [0.5, 0.6) is 0 Å². The molecule has 0 aliphatic carbocycles. The number of ether oxygens (including phenoxy) is 4. The van der Waals surface area contributed by atoms with Crippen LogP contribution >= 0.6 is 15.6 Å². The molecule has 0 amide bonds. The van der Waals surface area contributed by atoms with Gasteiger partial charge in [0, 0.05) is 25.7 Å². The molecule has 0 aromatic carbocycles. The van der Waals surface area contributed by atoms with Crippen LogP contribution < -0.4 is 0 Å². The average Bonchev–Trinajstić information content (AvgIpc) is 3.55. The number of unbranched alkanes of at least 4 members (excludes halogenated alkanes) is 27. The van der Waals surface area contributed by atoms with E-state index >= 15 is 0 Å². The fraction of sp³-hybridized carbons (Fsp3) is 0.939. The van der Waals surface area contributed by atoms with Crippen LogP contribution in [0.4, 0.5) is 0 Å². The first-order valence-corrected chi connectivity index (χ1v) is 37.3. The summed E-state index contributed by atoms with van der Waals surface area (Å²) in [6.45, 7) is 14.0. The molecule has 0 rings (SSSR count). The van der Waals surface area contributed by atoms with Crippen molar-refractivity contribution in [3.8, 4) is 0 Å². The van der Waals surface area contributed by atoms with Gasteiger partial charge in [0.15, 0.2) is 12.2 Å². The predicted octanol–water partition coefficient (Wildman–Crippen LogP) is 18.1. The summed E-state index contributed by atoms with van der Waals surface area (Å²) in [5, 5.41) is 10.6. The second-order valence-corrected chi connectivity index (χ2v) is 28.2. The lowest BCUT2D eigenvalue weighted by atomic mass is 9.99. The van der Waals surface area contributed by atoms with E-state index in [0.717, 1.165) is 120 Å². The predicted molar refractivity (Wildman–Crippen MR) is 340 cm³/mol. The van der Waals surface area contributed by atoms with Crippen molar-refractivity contribution in [2.24, 2.45) is 23.7 Å². The van der Waals surface area contributed by atoms with Gasteiger partial charge in [0.2, 0.25) is 0 Å². The number of carbonyl (C=O) groups excluding carboxylic acids is 4. The summed E-state index contributed by atoms with van der Waals surface area (Å²) in [4.78, 5) is 72.3. The molecule has 19 heteroatoms. The molecule has 0 aromatic rings. The highest BCUT2D eigenvalue weighted by Crippen LogP contribution is 2.45. The minimum Gasteiger partial charge on any atom is -0.462 e. The SMILES string of the molecule is CCC(C)CCCCCCCCCCC(=O)O[C@H](COC(=O)CCCCCCCCC(C)C)COP(=O)(O)OC[C@@H](O)COP(=O)(O)OC[C@@H](COC(=O)CCCCCCCCC(C)CC)OC(=O)CCCCCCCCCCCCCC(C)C. The van der Waals surface area contributed by atoms with E-state index in [9.17, 15) is 43.2 Å². The normalized spacial score (nSPS) is 15.0. The molecule has 0 radical (unpaired) electrons. The Balaban J connectivity index is 5.26. The summed E-state index contributed by atoms with van der Waals surface area (Å²) >= 11 is 0. The molecule has 0 aliphatic rings. The molecule has 4 unspecified atom stereocenters. The average molecular weight is 1260 g/mol. The number of hydrogen-bond donors (Lipinski definition) is 3. The minimum atomic E-state index is -4.95. The molecule has 0 saturated carbocycles. The zero-order valence-corrected chi connectivity index (χ0v) is 57.0. The van der Waals surface area contributed by atoms with Crippen molar-refractivity contribution in [1.82, 2.24) is 0 Å². The van der Waals surface area contributed by atoms with Gasteiger partial charge in [-0.3, -0.25) is 37.3 Å². The standard InChI is InChI=1S/C66H128O17P2/c1-9-58(7)44-36-28-19-16-17-21-33-41-49-66(71)83-61(52-76-63(68)46-38-30-24-22-27-35-43-57(5)6)54-80-84(72,73)78-50-60(67)51-79-85(74,75)81-55-62(53-77-64(69)47-39-31-25-23-29-37-45-59(8)10-2)82-65(70)48-40-32-20-15-13-11-12-14-18-26-34-42-56(3)4/h56-62,67H,9-55H2,1-8H3,(H,72,73)(H,74,75)/t58?,59?,60-,61-,62-/m1/s1. The van der Waals surface area contributed by atoms with Crippen molar-refractivity contribution in [3.63, 3.8) is 0 Å². The molecular formula is C66H128O17P2. The highest BCUT2D eigenvalue weighted by molar-refractivity contribution is 7.47. The number of rotatable bonds is 63. The smallest absolute Gasteiger partial charge is 0.462 e. The first-order chi connectivity index (χ1) is 40.7. The van der Waals surface area contributed by atoms with Crippen molar-refractivity contribution in [2.75, 3.05) is 39.6 Å². The van der Waals surface area contributed by atoms with Crippen LogP contribution in [0.3, 0.4) is 0 Å². The lowest BCUT2D eigenvalue weighted by Crippen LogP contribution is -2.30. The minimum absolute atomic E-state index is 0.103. The third-order valence-electron chi connectivity index (χ3n) is 15.8. The van der Waals surface area contributed by atoms with Crippen LogP contribution in [0.15, 0.2) is 0 Å². The van der Waals surface area contributed by atoms with E-state index in [1.807, 2.05) is 0 Å². The summed E-state index contributed by atoms with van der Waals surface area (Å²) in [6, 6.07) is 0. The van der Waals surface area contributed by atoms with E-state index in [1.165, 1.54) is 109 Å². The molecule has 7 atom stereocenters. The number of esters is 4. The zero-order chi connectivity index (χ0) is 63.2. The van der Waals surface area contributed by atoms with Gasteiger partial charge < -0.3 is 33.8 Å². The molecule has 0 aromatic heterocycles. The Kier molecular flexibility index (Phi) is 54.8. The summed E-state index contributed by atoms with van der Waals surface area (Å²) in [6.07, 6.45) is 36.3. The van der Waals surface area contributed by atoms with Gasteiger partial charge in [-0.25, -0.2) is 9.13 Å². The summed E-state index contributed by atoms with van der Waals surface area (Å²) < 4.78 is 68.1. The molecule has 0 aliphatic heterocycles. The fourth-order valence-electron chi connectivity index (χ4n) is 9.72. The first kappa shape index (κ1) is 83.1. The van der Waals surface area contributed by atoms with Gasteiger partial charge in [0.25, 0.3) is 0 Å². The molecule has 0 fully saturated rings. The molecule has 17 nitrogen and oxygen atoms in total. The Morgan fingerprint density at radius 1 is 0.329 bits per heavy atom. The Morgan fingerprint density at radius 2 is 0.565 bits per heavy atom. The highest BCUT2D eigenvalue weighted by Gasteiger charge is 2.30. The monoisotopic (exact) mass is 1250 g/mol. The second-order valence-electron chi connectivity index (χ2n) is 25.3. The molecular weight excluding hydrogens is 1130 g/mol. The van der Waals surface area contributed by atoms with Gasteiger partial charge in [-0.1, -0.05) is 267 Å². The summed E-state index contributed by atoms with van der Waals surface area (Å²) in [7, 11) is -9.89. The van der Waals surface area contributed by atoms with Crippen molar-refractivity contribution in [3.05, 3.63) is 0 Å². The molecule has 0 bridgehead atoms. The van der Waals surface area contributed by atoms with Crippen LogP contribution in [0.25, 0.3) is 0 Å². The molecule has 504 valence electrons. The van der Waals surface area contributed by atoms with Crippen LogP contribution in [-0.4, -0.2) is 96.7 Å². The summed E-state index contributed by atoms with van der Waals surface area (Å²) in [5.74, 6) is 0.806. The van der Waals surface area contributed by atoms with Gasteiger partial charge in [-0.15, -0.1) is 0 Å². The molecule has 85 heavy (non-hydrogen) atoms. The van der Waals surface area contributed by atoms with Crippen LogP contribution in [0.1, 0.15) is 319 Å². The lowest BCUT2D eigenvalue weighted by molar-refractivity contribution is -0.161. The second kappa shape index (κ2) is 56.1. The Labute approximate surface area is 517 Å². The van der Waals surface area contributed by atoms with E-state index < -0.39 is 97.5 Å². The molecule has 0 heterocycles. The quantitative estimate of drug-likeness (QED) is 0.0222. The fourth-order valence-corrected chi connectivity index (χ4v) is 11.3. The van der Waals surface area contributed by atoms with E-state index in [-0.39, 0.29) is 25.7 Å². The maximum atomic E-state index is 13.0. The van der Waals surface area contributed by atoms with Gasteiger partial charge in [-0.2, -0.15) is 0 Å². The largest absolute Gasteiger partial charge is 0.472 e. The number of aliphatic hydroxyl groups excluding tert-OH is 1. The topological polar surface area (TPSA) is 237 Å². The van der Waals surface area contributed by atoms with Gasteiger partial charge in [0.05, 0.1) is 26.4 Å². The van der Waals surface area contributed by atoms with Gasteiger partial charge >= 0.3 is 39.5 Å². The van der Waals surface area contributed by atoms with Crippen LogP contribution in [0, 0.1) is 23.7 Å². The zero-order valence-electron chi connectivity index (χ0n) is 55.2. The van der Waals surface area contributed by atoms with E-state index in [2.05, 4.69) is 55.4 Å². The van der Waals surface area contributed by atoms with Gasteiger partial charge in [0.1, 0.15) is 19.3 Å². The Bertz CT molecular complexity index is 1700. The van der Waals surface area contributed by atoms with E-state index in [4.69, 9.17) is 37.0 Å². The van der Waals surface area contributed by atoms with Crippen molar-refractivity contribution < 1.29 is 80.2 Å². The van der Waals surface area contributed by atoms with Crippen molar-refractivity contribution in [2.45, 2.75) is 337 Å². The third kappa shape index (κ3) is 58.2. The molecule has 0 saturated heterocycles. The van der Waals surface area contributed by atoms with Crippen molar-refractivity contribution >= 4 is 39.5 Å². The number of phosphoric acid groups is 2. The molecule has 0 spiro atoms. The van der Waals surface area contributed by atoms with E-state index in [1.54, 1.807) is 0 Å². The van der Waals surface area contributed by atoms with Crippen LogP contribution in [-0.2, 0) is 65.4 Å². The number of aliphatic hydroxyl groups is 1. The Hall–Kier alpha value is -1.94. The van der Waals surface area contributed by atoms with Crippen molar-refractivity contribution in [1.29, 1.82) is 0 Å². The maximum Gasteiger partial charge on any atom is 0.472 e. The van der Waals surface area contributed by atoms with E-state index in [0.29, 0.717) is 31.6 Å². The Morgan fingerprint density at radius 3 is 0.835 bits per heavy atom. The lowest BCUT2D eigenvalue weighted by Gasteiger charge is -2.21. The number of carbonyl (C=O) groups is 4. The first-order valence-electron chi connectivity index (χ1n) is 34.3. The third-order valence-corrected chi connectivity index (χ3v) is 17.7. The maximum absolute atomic E-state index is 13.0. The molecule has 3 N–H and O–H groups in total. The summed E-state index contributed by atoms with van der Waals surface area (Å²) in [5.41, 5.74) is 0. The number of hydrogen-bond acceptors (Lipinski definition) is 15. The van der Waals surface area contributed by atoms with Crippen LogP contribution in [0.2, 0.25) is 0 Å². The van der Waals surface area contributed by atoms with Gasteiger partial charge in [-0.05, 0) is 49.4 Å². The highest BCUT2D eigenvalue weighted by atomic mass is 31.2. The number of phosphoric ester groups is 2.